The van der Waals surface area contributed by atoms with Gasteiger partial charge in [0.05, 0.1) is 10.7 Å². The quantitative estimate of drug-likeness (QED) is 0.208. The number of halogens is 5. The van der Waals surface area contributed by atoms with E-state index < -0.39 is 6.36 Å². The highest BCUT2D eigenvalue weighted by atomic mass is 35.5. The van der Waals surface area contributed by atoms with Crippen LogP contribution in [0.3, 0.4) is 0 Å². The number of phenolic OH excluding ortho intramolecular Hbond substituents is 1. The first-order valence-electron chi connectivity index (χ1n) is 12.1. The lowest BCUT2D eigenvalue weighted by atomic mass is 10.0. The third-order valence-corrected chi connectivity index (χ3v) is 6.61. The Labute approximate surface area is 238 Å². The summed E-state index contributed by atoms with van der Waals surface area (Å²) in [5.74, 6) is 0.550. The van der Waals surface area contributed by atoms with Gasteiger partial charge in [-0.2, -0.15) is 0 Å². The van der Waals surface area contributed by atoms with E-state index in [1.807, 2.05) is 59.3 Å². The second kappa shape index (κ2) is 11.5. The standard InChI is InChI=1S/C31H21Cl2F3N2O2/c32-24-10-15-27(28(33)17-24)29-19-38(18-21-3-13-26(14-4-21)40-31(34,35)36)30(37-29)16-5-20-1-6-22(7-2-20)23-8-11-25(39)12-9-23/h1-17,19,39H,18H2. The Bertz CT molecular complexity index is 1640. The van der Waals surface area contributed by atoms with Crippen molar-refractivity contribution in [3.8, 4) is 33.9 Å². The molecule has 40 heavy (non-hydrogen) atoms. The SMILES string of the molecule is Oc1ccc(-c2ccc(C=Cc3nc(-c4ccc(Cl)cc4Cl)cn3Cc3ccc(OC(F)(F)F)cc3)cc2)cc1. The second-order valence-corrected chi connectivity index (χ2v) is 9.77. The largest absolute Gasteiger partial charge is 0.573 e. The molecule has 0 radical (unpaired) electrons. The van der Waals surface area contributed by atoms with Gasteiger partial charge in [-0.05, 0) is 70.8 Å². The van der Waals surface area contributed by atoms with Crippen molar-refractivity contribution >= 4 is 35.4 Å². The van der Waals surface area contributed by atoms with E-state index in [0.717, 1.165) is 22.3 Å². The maximum atomic E-state index is 12.5. The number of aromatic hydroxyl groups is 1. The molecule has 4 aromatic carbocycles. The van der Waals surface area contributed by atoms with Gasteiger partial charge in [-0.3, -0.25) is 0 Å². The number of alkyl halides is 3. The molecular formula is C31H21Cl2F3N2O2. The van der Waals surface area contributed by atoms with E-state index in [9.17, 15) is 18.3 Å². The molecule has 0 aliphatic heterocycles. The van der Waals surface area contributed by atoms with Crippen molar-refractivity contribution in [3.05, 3.63) is 124 Å². The fourth-order valence-corrected chi connectivity index (χ4v) is 4.63. The molecule has 4 nitrogen and oxygen atoms in total. The molecule has 0 amide bonds. The van der Waals surface area contributed by atoms with Crippen molar-refractivity contribution in [2.75, 3.05) is 0 Å². The zero-order chi connectivity index (χ0) is 28.3. The summed E-state index contributed by atoms with van der Waals surface area (Å²) in [4.78, 5) is 4.77. The van der Waals surface area contributed by atoms with Gasteiger partial charge in [0, 0.05) is 23.3 Å². The van der Waals surface area contributed by atoms with Crippen LogP contribution in [0.4, 0.5) is 13.2 Å². The third-order valence-electron chi connectivity index (χ3n) is 6.06. The van der Waals surface area contributed by atoms with Crippen molar-refractivity contribution in [1.29, 1.82) is 0 Å². The molecule has 0 bridgehead atoms. The predicted octanol–water partition coefficient (Wildman–Crippen LogP) is 9.35. The number of hydrogen-bond donors (Lipinski definition) is 1. The summed E-state index contributed by atoms with van der Waals surface area (Å²) >= 11 is 12.5. The lowest BCUT2D eigenvalue weighted by Crippen LogP contribution is -2.17. The molecule has 202 valence electrons. The van der Waals surface area contributed by atoms with Crippen molar-refractivity contribution < 1.29 is 23.0 Å². The summed E-state index contributed by atoms with van der Waals surface area (Å²) in [5.41, 5.74) is 5.02. The average molecular weight is 581 g/mol. The highest BCUT2D eigenvalue weighted by Gasteiger charge is 2.31. The Morgan fingerprint density at radius 3 is 2.10 bits per heavy atom. The van der Waals surface area contributed by atoms with E-state index >= 15 is 0 Å². The van der Waals surface area contributed by atoms with Gasteiger partial charge in [-0.25, -0.2) is 4.98 Å². The molecule has 0 saturated heterocycles. The van der Waals surface area contributed by atoms with Crippen LogP contribution >= 0.6 is 23.2 Å². The minimum absolute atomic E-state index is 0.212. The Kier molecular flexibility index (Phi) is 7.87. The Morgan fingerprint density at radius 2 is 1.48 bits per heavy atom. The fraction of sp³-hybridized carbons (Fsp3) is 0.0645. The van der Waals surface area contributed by atoms with Crippen molar-refractivity contribution in [2.45, 2.75) is 12.9 Å². The number of aromatic nitrogens is 2. The van der Waals surface area contributed by atoms with Gasteiger partial charge in [0.1, 0.15) is 17.3 Å². The predicted molar refractivity (Wildman–Crippen MR) is 152 cm³/mol. The number of rotatable bonds is 7. The van der Waals surface area contributed by atoms with E-state index in [0.29, 0.717) is 33.7 Å². The topological polar surface area (TPSA) is 47.3 Å². The summed E-state index contributed by atoms with van der Waals surface area (Å²) in [5, 5.41) is 10.5. The highest BCUT2D eigenvalue weighted by Crippen LogP contribution is 2.31. The normalized spacial score (nSPS) is 11.7. The van der Waals surface area contributed by atoms with E-state index in [4.69, 9.17) is 28.2 Å². The fourth-order valence-electron chi connectivity index (χ4n) is 4.12. The zero-order valence-corrected chi connectivity index (χ0v) is 22.3. The molecule has 1 aromatic heterocycles. The number of nitrogens with zero attached hydrogens (tertiary/aromatic N) is 2. The highest BCUT2D eigenvalue weighted by molar-refractivity contribution is 6.36. The molecule has 5 rings (SSSR count). The molecule has 0 spiro atoms. The van der Waals surface area contributed by atoms with Gasteiger partial charge in [-0.15, -0.1) is 13.2 Å². The first-order chi connectivity index (χ1) is 19.1. The first-order valence-corrected chi connectivity index (χ1v) is 12.8. The molecule has 9 heteroatoms. The molecule has 0 aliphatic rings. The van der Waals surface area contributed by atoms with E-state index in [2.05, 4.69) is 4.74 Å². The van der Waals surface area contributed by atoms with Crippen LogP contribution in [0.15, 0.2) is 97.2 Å². The van der Waals surface area contributed by atoms with Crippen LogP contribution in [0.1, 0.15) is 17.0 Å². The second-order valence-electron chi connectivity index (χ2n) is 8.93. The van der Waals surface area contributed by atoms with Crippen molar-refractivity contribution in [3.63, 3.8) is 0 Å². The monoisotopic (exact) mass is 580 g/mol. The number of imidazole rings is 1. The maximum Gasteiger partial charge on any atom is 0.573 e. The van der Waals surface area contributed by atoms with Gasteiger partial charge in [0.15, 0.2) is 0 Å². The van der Waals surface area contributed by atoms with Crippen LogP contribution in [0.25, 0.3) is 34.5 Å². The minimum Gasteiger partial charge on any atom is -0.508 e. The summed E-state index contributed by atoms with van der Waals surface area (Å²) in [6.45, 7) is 0.351. The Morgan fingerprint density at radius 1 is 0.825 bits per heavy atom. The van der Waals surface area contributed by atoms with Gasteiger partial charge in [0.25, 0.3) is 0 Å². The summed E-state index contributed by atoms with van der Waals surface area (Å²) in [6.07, 6.45) is 0.874. The molecule has 1 heterocycles. The zero-order valence-electron chi connectivity index (χ0n) is 20.7. The molecule has 0 atom stereocenters. The van der Waals surface area contributed by atoms with E-state index in [-0.39, 0.29) is 11.5 Å². The number of ether oxygens (including phenoxy) is 1. The van der Waals surface area contributed by atoms with E-state index in [1.165, 1.54) is 12.1 Å². The van der Waals surface area contributed by atoms with Crippen LogP contribution < -0.4 is 4.74 Å². The minimum atomic E-state index is -4.75. The van der Waals surface area contributed by atoms with E-state index in [1.54, 1.807) is 42.5 Å². The average Bonchev–Trinajstić information content (AvgIpc) is 3.30. The molecule has 0 unspecified atom stereocenters. The maximum absolute atomic E-state index is 12.5. The van der Waals surface area contributed by atoms with Crippen LogP contribution in [-0.4, -0.2) is 21.0 Å². The van der Waals surface area contributed by atoms with Gasteiger partial charge in [0.2, 0.25) is 0 Å². The molecule has 0 saturated carbocycles. The van der Waals surface area contributed by atoms with Crippen LogP contribution in [-0.2, 0) is 6.54 Å². The summed E-state index contributed by atoms with van der Waals surface area (Å²) < 4.78 is 43.5. The van der Waals surface area contributed by atoms with Crippen molar-refractivity contribution in [2.24, 2.45) is 0 Å². The molecule has 0 aliphatic carbocycles. The van der Waals surface area contributed by atoms with Crippen LogP contribution in [0, 0.1) is 0 Å². The summed E-state index contributed by atoms with van der Waals surface area (Å²) in [6, 6.07) is 25.8. The summed E-state index contributed by atoms with van der Waals surface area (Å²) in [7, 11) is 0. The molecule has 1 N–H and O–H groups in total. The Balaban J connectivity index is 1.43. The molecule has 0 fully saturated rings. The Hall–Kier alpha value is -4.20. The molecular weight excluding hydrogens is 560 g/mol. The first kappa shape index (κ1) is 27.4. The van der Waals surface area contributed by atoms with Crippen molar-refractivity contribution in [1.82, 2.24) is 9.55 Å². The third kappa shape index (κ3) is 6.86. The lowest BCUT2D eigenvalue weighted by molar-refractivity contribution is -0.274. The number of benzene rings is 4. The van der Waals surface area contributed by atoms with Gasteiger partial charge in [-0.1, -0.05) is 77.8 Å². The lowest BCUT2D eigenvalue weighted by Gasteiger charge is -2.10. The number of phenols is 1. The van der Waals surface area contributed by atoms with Crippen LogP contribution in [0.2, 0.25) is 10.0 Å². The smallest absolute Gasteiger partial charge is 0.508 e. The van der Waals surface area contributed by atoms with Crippen LogP contribution in [0.5, 0.6) is 11.5 Å². The number of hydrogen-bond acceptors (Lipinski definition) is 3. The molecule has 5 aromatic rings. The van der Waals surface area contributed by atoms with Gasteiger partial charge < -0.3 is 14.4 Å². The van der Waals surface area contributed by atoms with Gasteiger partial charge >= 0.3 is 6.36 Å².